The van der Waals surface area contributed by atoms with Gasteiger partial charge in [0.05, 0.1) is 25.8 Å². The molecule has 1 aliphatic rings. The molecule has 0 aromatic heterocycles. The SMILES string of the molecule is COc1ccc(N2C[C@@H](C(=O)OCc3ccc(Cl)cc3)CC2=O)c(OC)c1. The van der Waals surface area contributed by atoms with E-state index in [1.165, 1.54) is 7.11 Å². The van der Waals surface area contributed by atoms with Crippen LogP contribution in [0.15, 0.2) is 42.5 Å². The van der Waals surface area contributed by atoms with Crippen LogP contribution in [0.4, 0.5) is 5.69 Å². The highest BCUT2D eigenvalue weighted by Crippen LogP contribution is 2.36. The van der Waals surface area contributed by atoms with Gasteiger partial charge in [-0.2, -0.15) is 0 Å². The summed E-state index contributed by atoms with van der Waals surface area (Å²) in [6, 6.07) is 12.3. The monoisotopic (exact) mass is 389 g/mol. The number of halogens is 1. The Morgan fingerprint density at radius 3 is 2.56 bits per heavy atom. The molecule has 0 saturated carbocycles. The average molecular weight is 390 g/mol. The number of amides is 1. The summed E-state index contributed by atoms with van der Waals surface area (Å²) in [5, 5.41) is 0.621. The van der Waals surface area contributed by atoms with Crippen molar-refractivity contribution in [2.45, 2.75) is 13.0 Å². The van der Waals surface area contributed by atoms with Crippen LogP contribution in [0.3, 0.4) is 0 Å². The molecular weight excluding hydrogens is 370 g/mol. The summed E-state index contributed by atoms with van der Waals surface area (Å²) >= 11 is 5.84. The topological polar surface area (TPSA) is 65.1 Å². The number of nitrogens with zero attached hydrogens (tertiary/aromatic N) is 1. The van der Waals surface area contributed by atoms with Gasteiger partial charge < -0.3 is 19.1 Å². The van der Waals surface area contributed by atoms with Gasteiger partial charge in [-0.3, -0.25) is 9.59 Å². The van der Waals surface area contributed by atoms with Gasteiger partial charge in [-0.25, -0.2) is 0 Å². The summed E-state index contributed by atoms with van der Waals surface area (Å²) in [5.41, 5.74) is 1.45. The molecule has 1 fully saturated rings. The summed E-state index contributed by atoms with van der Waals surface area (Å²) in [7, 11) is 3.08. The minimum absolute atomic E-state index is 0.106. The molecular formula is C20H20ClNO5. The van der Waals surface area contributed by atoms with E-state index in [0.717, 1.165) is 5.56 Å². The van der Waals surface area contributed by atoms with E-state index in [2.05, 4.69) is 0 Å². The van der Waals surface area contributed by atoms with Crippen LogP contribution in [0.25, 0.3) is 0 Å². The van der Waals surface area contributed by atoms with Gasteiger partial charge in [-0.05, 0) is 29.8 Å². The van der Waals surface area contributed by atoms with Gasteiger partial charge in [0.25, 0.3) is 0 Å². The van der Waals surface area contributed by atoms with E-state index >= 15 is 0 Å². The van der Waals surface area contributed by atoms with Gasteiger partial charge in [0.2, 0.25) is 5.91 Å². The van der Waals surface area contributed by atoms with Crippen LogP contribution in [0.1, 0.15) is 12.0 Å². The Bertz CT molecular complexity index is 837. The lowest BCUT2D eigenvalue weighted by Gasteiger charge is -2.20. The van der Waals surface area contributed by atoms with Crippen molar-refractivity contribution in [1.82, 2.24) is 0 Å². The third-order valence-corrected chi connectivity index (χ3v) is 4.68. The van der Waals surface area contributed by atoms with Crippen molar-refractivity contribution in [3.8, 4) is 11.5 Å². The number of methoxy groups -OCH3 is 2. The summed E-state index contributed by atoms with van der Waals surface area (Å²) in [4.78, 5) is 26.4. The van der Waals surface area contributed by atoms with Crippen molar-refractivity contribution < 1.29 is 23.8 Å². The second-order valence-electron chi connectivity index (χ2n) is 6.18. The normalized spacial score (nSPS) is 16.3. The van der Waals surface area contributed by atoms with Gasteiger partial charge in [-0.15, -0.1) is 0 Å². The number of ether oxygens (including phenoxy) is 3. The fourth-order valence-corrected chi connectivity index (χ4v) is 3.09. The Morgan fingerprint density at radius 2 is 1.89 bits per heavy atom. The Morgan fingerprint density at radius 1 is 1.15 bits per heavy atom. The Labute approximate surface area is 162 Å². The molecule has 1 atom stereocenters. The van der Waals surface area contributed by atoms with Crippen LogP contribution < -0.4 is 14.4 Å². The maximum absolute atomic E-state index is 12.4. The quantitative estimate of drug-likeness (QED) is 0.708. The molecule has 1 saturated heterocycles. The first kappa shape index (κ1) is 19.0. The van der Waals surface area contributed by atoms with Crippen LogP contribution >= 0.6 is 11.6 Å². The lowest BCUT2D eigenvalue weighted by Crippen LogP contribution is -2.26. The standard InChI is InChI=1S/C20H20ClNO5/c1-25-16-7-8-17(18(10-16)26-2)22-11-14(9-19(22)23)20(24)27-12-13-3-5-15(21)6-4-13/h3-8,10,14H,9,11-12H2,1-2H3/t14-/m0/s1. The lowest BCUT2D eigenvalue weighted by molar-refractivity contribution is -0.149. The lowest BCUT2D eigenvalue weighted by atomic mass is 10.1. The summed E-state index contributed by atoms with van der Waals surface area (Å²) < 4.78 is 15.9. The third-order valence-electron chi connectivity index (χ3n) is 4.43. The molecule has 0 N–H and O–H groups in total. The van der Waals surface area contributed by atoms with E-state index in [-0.39, 0.29) is 25.5 Å². The number of hydrogen-bond donors (Lipinski definition) is 0. The van der Waals surface area contributed by atoms with Gasteiger partial charge in [0, 0.05) is 24.1 Å². The van der Waals surface area contributed by atoms with Crippen molar-refractivity contribution in [2.75, 3.05) is 25.7 Å². The number of rotatable bonds is 6. The molecule has 1 amide bonds. The summed E-state index contributed by atoms with van der Waals surface area (Å²) in [6.07, 6.45) is 0.106. The van der Waals surface area contributed by atoms with Crippen LogP contribution in [0.2, 0.25) is 5.02 Å². The smallest absolute Gasteiger partial charge is 0.311 e. The van der Waals surface area contributed by atoms with Gasteiger partial charge >= 0.3 is 5.97 Å². The zero-order valence-corrected chi connectivity index (χ0v) is 15.9. The van der Waals surface area contributed by atoms with Crippen molar-refractivity contribution in [3.05, 3.63) is 53.1 Å². The highest BCUT2D eigenvalue weighted by molar-refractivity contribution is 6.30. The second kappa shape index (κ2) is 8.31. The van der Waals surface area contributed by atoms with Crippen LogP contribution in [-0.2, 0) is 20.9 Å². The fraction of sp³-hybridized carbons (Fsp3) is 0.300. The number of benzene rings is 2. The molecule has 27 heavy (non-hydrogen) atoms. The van der Waals surface area contributed by atoms with Crippen molar-refractivity contribution in [3.63, 3.8) is 0 Å². The number of hydrogen-bond acceptors (Lipinski definition) is 5. The van der Waals surface area contributed by atoms with E-state index in [4.69, 9.17) is 25.8 Å². The number of anilines is 1. The van der Waals surface area contributed by atoms with Crippen molar-refractivity contribution in [1.29, 1.82) is 0 Å². The number of carbonyl (C=O) groups excluding carboxylic acids is 2. The van der Waals surface area contributed by atoms with Crippen LogP contribution in [-0.4, -0.2) is 32.6 Å². The molecule has 0 bridgehead atoms. The van der Waals surface area contributed by atoms with Gasteiger partial charge in [0.1, 0.15) is 18.1 Å². The molecule has 2 aromatic rings. The predicted molar refractivity (Wildman–Crippen MR) is 101 cm³/mol. The molecule has 142 valence electrons. The Hall–Kier alpha value is -2.73. The first-order chi connectivity index (χ1) is 13.0. The average Bonchev–Trinajstić information content (AvgIpc) is 3.08. The molecule has 0 spiro atoms. The first-order valence-electron chi connectivity index (χ1n) is 8.45. The number of carbonyl (C=O) groups is 2. The van der Waals surface area contributed by atoms with Gasteiger partial charge in [-0.1, -0.05) is 23.7 Å². The maximum atomic E-state index is 12.4. The fourth-order valence-electron chi connectivity index (χ4n) is 2.96. The van der Waals surface area contributed by atoms with E-state index in [1.807, 2.05) is 0 Å². The highest BCUT2D eigenvalue weighted by atomic mass is 35.5. The van der Waals surface area contributed by atoms with Crippen molar-refractivity contribution in [2.24, 2.45) is 5.92 Å². The van der Waals surface area contributed by atoms with Crippen LogP contribution in [0.5, 0.6) is 11.5 Å². The molecule has 1 heterocycles. The summed E-state index contributed by atoms with van der Waals surface area (Å²) in [6.45, 7) is 0.396. The highest BCUT2D eigenvalue weighted by Gasteiger charge is 2.37. The largest absolute Gasteiger partial charge is 0.497 e. The van der Waals surface area contributed by atoms with E-state index in [1.54, 1.807) is 54.5 Å². The Balaban J connectivity index is 1.66. The second-order valence-corrected chi connectivity index (χ2v) is 6.61. The summed E-state index contributed by atoms with van der Waals surface area (Å²) in [5.74, 6) is 0.0795. The zero-order valence-electron chi connectivity index (χ0n) is 15.1. The van der Waals surface area contributed by atoms with Gasteiger partial charge in [0.15, 0.2) is 0 Å². The minimum atomic E-state index is -0.517. The molecule has 6 nitrogen and oxygen atoms in total. The van der Waals surface area contributed by atoms with Crippen molar-refractivity contribution >= 4 is 29.2 Å². The third kappa shape index (κ3) is 4.34. The predicted octanol–water partition coefficient (Wildman–Crippen LogP) is 3.45. The van der Waals surface area contributed by atoms with E-state index in [0.29, 0.717) is 22.2 Å². The van der Waals surface area contributed by atoms with E-state index < -0.39 is 11.9 Å². The zero-order chi connectivity index (χ0) is 19.4. The molecule has 2 aromatic carbocycles. The number of esters is 1. The molecule has 1 aliphatic heterocycles. The first-order valence-corrected chi connectivity index (χ1v) is 8.83. The maximum Gasteiger partial charge on any atom is 0.311 e. The Kier molecular flexibility index (Phi) is 5.86. The molecule has 3 rings (SSSR count). The molecule has 0 radical (unpaired) electrons. The van der Waals surface area contributed by atoms with E-state index in [9.17, 15) is 9.59 Å². The minimum Gasteiger partial charge on any atom is -0.497 e. The molecule has 0 unspecified atom stereocenters. The molecule has 0 aliphatic carbocycles. The molecule has 7 heteroatoms. The van der Waals surface area contributed by atoms with Crippen LogP contribution in [0, 0.1) is 5.92 Å².